The number of aromatic nitrogens is 1. The lowest BCUT2D eigenvalue weighted by Gasteiger charge is -2.32. The van der Waals surface area contributed by atoms with E-state index in [4.69, 9.17) is 16.2 Å². The maximum atomic E-state index is 11.5. The monoisotopic (exact) mass is 236 g/mol. The number of pyridine rings is 1. The molecule has 1 fully saturated rings. The molecular weight excluding hydrogens is 220 g/mol. The molecule has 0 radical (unpaired) electrons. The molecule has 6 nitrogen and oxygen atoms in total. The molecule has 1 aromatic rings. The number of hydrogen-bond acceptors (Lipinski definition) is 5. The first-order valence-electron chi connectivity index (χ1n) is 5.52. The highest BCUT2D eigenvalue weighted by Gasteiger charge is 2.25. The Kier molecular flexibility index (Phi) is 3.55. The van der Waals surface area contributed by atoms with Crippen molar-refractivity contribution in [3.63, 3.8) is 0 Å². The van der Waals surface area contributed by atoms with E-state index in [1.807, 2.05) is 12.1 Å². The number of anilines is 1. The van der Waals surface area contributed by atoms with Gasteiger partial charge in [0.1, 0.15) is 11.9 Å². The molecule has 0 aliphatic carbocycles. The summed E-state index contributed by atoms with van der Waals surface area (Å²) in [5.41, 5.74) is 11.7. The van der Waals surface area contributed by atoms with E-state index in [0.29, 0.717) is 25.5 Å². The number of rotatable bonds is 2. The summed E-state index contributed by atoms with van der Waals surface area (Å²) in [5, 5.41) is 0. The van der Waals surface area contributed by atoms with E-state index >= 15 is 0 Å². The molecule has 1 atom stereocenters. The SMILES string of the molecule is NCC(=O)N1CCO[C@@H](c2cccc(N)n2)C1. The minimum Gasteiger partial charge on any atom is -0.384 e. The van der Waals surface area contributed by atoms with Crippen LogP contribution in [0.15, 0.2) is 18.2 Å². The first-order valence-corrected chi connectivity index (χ1v) is 5.52. The summed E-state index contributed by atoms with van der Waals surface area (Å²) in [7, 11) is 0. The highest BCUT2D eigenvalue weighted by Crippen LogP contribution is 2.21. The van der Waals surface area contributed by atoms with Crippen molar-refractivity contribution in [2.45, 2.75) is 6.10 Å². The van der Waals surface area contributed by atoms with E-state index in [0.717, 1.165) is 5.69 Å². The van der Waals surface area contributed by atoms with Gasteiger partial charge in [0, 0.05) is 6.54 Å². The lowest BCUT2D eigenvalue weighted by atomic mass is 10.2. The van der Waals surface area contributed by atoms with Gasteiger partial charge in [0.15, 0.2) is 0 Å². The van der Waals surface area contributed by atoms with Gasteiger partial charge in [-0.25, -0.2) is 4.98 Å². The molecule has 4 N–H and O–H groups in total. The number of morpholine rings is 1. The van der Waals surface area contributed by atoms with Gasteiger partial charge in [-0.2, -0.15) is 0 Å². The summed E-state index contributed by atoms with van der Waals surface area (Å²) in [6.45, 7) is 1.57. The number of nitrogens with two attached hydrogens (primary N) is 2. The Bertz CT molecular complexity index is 410. The Morgan fingerprint density at radius 3 is 3.12 bits per heavy atom. The molecule has 1 amide bonds. The van der Waals surface area contributed by atoms with Crippen molar-refractivity contribution in [2.75, 3.05) is 32.0 Å². The van der Waals surface area contributed by atoms with Crippen molar-refractivity contribution >= 4 is 11.7 Å². The zero-order chi connectivity index (χ0) is 12.3. The molecule has 17 heavy (non-hydrogen) atoms. The molecule has 0 saturated carbocycles. The Morgan fingerprint density at radius 1 is 1.59 bits per heavy atom. The van der Waals surface area contributed by atoms with Crippen LogP contribution in [0, 0.1) is 0 Å². The number of nitrogens with zero attached hydrogens (tertiary/aromatic N) is 2. The molecule has 0 aromatic carbocycles. The van der Waals surface area contributed by atoms with Crippen LogP contribution in [0.1, 0.15) is 11.8 Å². The topological polar surface area (TPSA) is 94.5 Å². The lowest BCUT2D eigenvalue weighted by molar-refractivity contribution is -0.137. The number of carbonyl (C=O) groups is 1. The van der Waals surface area contributed by atoms with Crippen LogP contribution in [0.4, 0.5) is 5.82 Å². The van der Waals surface area contributed by atoms with Crippen molar-refractivity contribution in [3.8, 4) is 0 Å². The molecule has 6 heteroatoms. The predicted molar refractivity (Wildman–Crippen MR) is 63.0 cm³/mol. The third-order valence-electron chi connectivity index (χ3n) is 2.72. The maximum Gasteiger partial charge on any atom is 0.236 e. The first-order chi connectivity index (χ1) is 8.20. The fraction of sp³-hybridized carbons (Fsp3) is 0.455. The summed E-state index contributed by atoms with van der Waals surface area (Å²) in [6.07, 6.45) is -0.220. The zero-order valence-corrected chi connectivity index (χ0v) is 9.50. The molecule has 1 aromatic heterocycles. The van der Waals surface area contributed by atoms with Crippen LogP contribution in [0.2, 0.25) is 0 Å². The molecule has 1 aliphatic heterocycles. The number of amides is 1. The molecule has 0 bridgehead atoms. The summed E-state index contributed by atoms with van der Waals surface area (Å²) in [5.74, 6) is 0.385. The average molecular weight is 236 g/mol. The second-order valence-electron chi connectivity index (χ2n) is 3.89. The minimum absolute atomic E-state index is 0.0249. The van der Waals surface area contributed by atoms with Crippen molar-refractivity contribution in [1.82, 2.24) is 9.88 Å². The van der Waals surface area contributed by atoms with Crippen molar-refractivity contribution in [3.05, 3.63) is 23.9 Å². The first kappa shape index (κ1) is 11.8. The Hall–Kier alpha value is -1.66. The van der Waals surface area contributed by atoms with E-state index < -0.39 is 0 Å². The normalized spacial score (nSPS) is 20.3. The number of nitrogen functional groups attached to an aromatic ring is 1. The summed E-state index contributed by atoms with van der Waals surface area (Å²) < 4.78 is 5.59. The number of carbonyl (C=O) groups excluding carboxylic acids is 1. The van der Waals surface area contributed by atoms with Gasteiger partial charge in [-0.15, -0.1) is 0 Å². The van der Waals surface area contributed by atoms with Gasteiger partial charge in [0.2, 0.25) is 5.91 Å². The Morgan fingerprint density at radius 2 is 2.41 bits per heavy atom. The smallest absolute Gasteiger partial charge is 0.236 e. The van der Waals surface area contributed by atoms with Gasteiger partial charge >= 0.3 is 0 Å². The largest absolute Gasteiger partial charge is 0.384 e. The molecule has 1 saturated heterocycles. The van der Waals surface area contributed by atoms with Gasteiger partial charge in [0.05, 0.1) is 25.4 Å². The fourth-order valence-electron chi connectivity index (χ4n) is 1.83. The minimum atomic E-state index is -0.220. The van der Waals surface area contributed by atoms with Crippen LogP contribution in [-0.4, -0.2) is 42.0 Å². The third kappa shape index (κ3) is 2.72. The van der Waals surface area contributed by atoms with Crippen molar-refractivity contribution in [1.29, 1.82) is 0 Å². The van der Waals surface area contributed by atoms with Gasteiger partial charge < -0.3 is 21.1 Å². The predicted octanol–water partition coefficient (Wildman–Crippen LogP) is -0.478. The third-order valence-corrected chi connectivity index (χ3v) is 2.72. The van der Waals surface area contributed by atoms with Gasteiger partial charge in [0.25, 0.3) is 0 Å². The molecular formula is C11H16N4O2. The van der Waals surface area contributed by atoms with Crippen molar-refractivity contribution < 1.29 is 9.53 Å². The second-order valence-corrected chi connectivity index (χ2v) is 3.89. The second kappa shape index (κ2) is 5.11. The fourth-order valence-corrected chi connectivity index (χ4v) is 1.83. The zero-order valence-electron chi connectivity index (χ0n) is 9.50. The van der Waals surface area contributed by atoms with Gasteiger partial charge in [-0.3, -0.25) is 4.79 Å². The summed E-state index contributed by atoms with van der Waals surface area (Å²) >= 11 is 0. The summed E-state index contributed by atoms with van der Waals surface area (Å²) in [4.78, 5) is 17.4. The van der Waals surface area contributed by atoms with Crippen LogP contribution in [0.25, 0.3) is 0 Å². The van der Waals surface area contributed by atoms with E-state index in [1.54, 1.807) is 11.0 Å². The van der Waals surface area contributed by atoms with Gasteiger partial charge in [-0.1, -0.05) is 6.07 Å². The molecule has 2 rings (SSSR count). The van der Waals surface area contributed by atoms with Gasteiger partial charge in [-0.05, 0) is 12.1 Å². The highest BCUT2D eigenvalue weighted by molar-refractivity contribution is 5.78. The van der Waals surface area contributed by atoms with E-state index in [9.17, 15) is 4.79 Å². The van der Waals surface area contributed by atoms with Crippen LogP contribution in [0.3, 0.4) is 0 Å². The Balaban J connectivity index is 2.09. The standard InChI is InChI=1S/C11H16N4O2/c12-6-11(16)15-4-5-17-9(7-15)8-2-1-3-10(13)14-8/h1-3,9H,4-7,12H2,(H2,13,14)/t9-/m1/s1. The van der Waals surface area contributed by atoms with Crippen LogP contribution in [-0.2, 0) is 9.53 Å². The maximum absolute atomic E-state index is 11.5. The molecule has 92 valence electrons. The van der Waals surface area contributed by atoms with Crippen LogP contribution >= 0.6 is 0 Å². The number of ether oxygens (including phenoxy) is 1. The average Bonchev–Trinajstić information content (AvgIpc) is 2.38. The number of hydrogen-bond donors (Lipinski definition) is 2. The summed E-state index contributed by atoms with van der Waals surface area (Å²) in [6, 6.07) is 5.39. The molecule has 2 heterocycles. The lowest BCUT2D eigenvalue weighted by Crippen LogP contribution is -2.45. The quantitative estimate of drug-likeness (QED) is 0.723. The van der Waals surface area contributed by atoms with E-state index in [2.05, 4.69) is 4.98 Å². The molecule has 0 unspecified atom stereocenters. The van der Waals surface area contributed by atoms with Crippen molar-refractivity contribution in [2.24, 2.45) is 5.73 Å². The Labute approximate surface area is 99.5 Å². The molecule has 0 spiro atoms. The van der Waals surface area contributed by atoms with E-state index in [-0.39, 0.29) is 18.6 Å². The highest BCUT2D eigenvalue weighted by atomic mass is 16.5. The van der Waals surface area contributed by atoms with E-state index in [1.165, 1.54) is 0 Å². The molecule has 1 aliphatic rings. The van der Waals surface area contributed by atoms with Crippen LogP contribution < -0.4 is 11.5 Å². The van der Waals surface area contributed by atoms with Crippen LogP contribution in [0.5, 0.6) is 0 Å².